The van der Waals surface area contributed by atoms with Gasteiger partial charge in [0.25, 0.3) is 15.9 Å². The molecule has 0 heterocycles. The molecule has 3 aromatic rings. The third-order valence-corrected chi connectivity index (χ3v) is 7.22. The van der Waals surface area contributed by atoms with E-state index in [0.29, 0.717) is 11.6 Å². The maximum absolute atomic E-state index is 13.1. The van der Waals surface area contributed by atoms with E-state index in [1.165, 1.54) is 41.3 Å². The number of benzene rings is 3. The molecule has 38 heavy (non-hydrogen) atoms. The van der Waals surface area contributed by atoms with Gasteiger partial charge in [0.1, 0.15) is 17.6 Å². The average molecular weight is 562 g/mol. The van der Waals surface area contributed by atoms with Crippen LogP contribution in [0.4, 0.5) is 10.1 Å². The van der Waals surface area contributed by atoms with Crippen molar-refractivity contribution in [1.29, 1.82) is 0 Å². The Morgan fingerprint density at radius 1 is 1.00 bits per heavy atom. The predicted octanol–water partition coefficient (Wildman–Crippen LogP) is 4.60. The van der Waals surface area contributed by atoms with Crippen molar-refractivity contribution in [2.24, 2.45) is 0 Å². The van der Waals surface area contributed by atoms with Crippen LogP contribution in [-0.4, -0.2) is 44.3 Å². The first-order valence-electron chi connectivity index (χ1n) is 11.9. The predicted molar refractivity (Wildman–Crippen MR) is 144 cm³/mol. The number of amides is 2. The van der Waals surface area contributed by atoms with Gasteiger partial charge in [0, 0.05) is 23.8 Å². The van der Waals surface area contributed by atoms with Gasteiger partial charge in [0.2, 0.25) is 5.91 Å². The lowest BCUT2D eigenvalue weighted by atomic mass is 10.1. The summed E-state index contributed by atoms with van der Waals surface area (Å²) < 4.78 is 46.3. The molecule has 2 amide bonds. The van der Waals surface area contributed by atoms with Crippen LogP contribution in [0.2, 0.25) is 5.02 Å². The molecule has 8 nitrogen and oxygen atoms in total. The summed E-state index contributed by atoms with van der Waals surface area (Å²) >= 11 is 5.96. The molecule has 11 heteroatoms. The van der Waals surface area contributed by atoms with Gasteiger partial charge in [-0.15, -0.1) is 0 Å². The summed E-state index contributed by atoms with van der Waals surface area (Å²) in [5.41, 5.74) is 1.01. The fourth-order valence-corrected chi connectivity index (χ4v) is 4.62. The second-order valence-corrected chi connectivity index (χ2v) is 10.6. The minimum Gasteiger partial charge on any atom is -0.484 e. The first-order valence-corrected chi connectivity index (χ1v) is 13.8. The van der Waals surface area contributed by atoms with E-state index in [2.05, 4.69) is 10.0 Å². The van der Waals surface area contributed by atoms with Crippen LogP contribution in [0.1, 0.15) is 25.8 Å². The zero-order valence-corrected chi connectivity index (χ0v) is 22.6. The molecule has 0 radical (unpaired) electrons. The Hall–Kier alpha value is -3.63. The van der Waals surface area contributed by atoms with Crippen LogP contribution in [0.15, 0.2) is 77.7 Å². The lowest BCUT2D eigenvalue weighted by Gasteiger charge is -2.28. The van der Waals surface area contributed by atoms with Gasteiger partial charge in [0.15, 0.2) is 6.61 Å². The van der Waals surface area contributed by atoms with E-state index < -0.39 is 27.8 Å². The summed E-state index contributed by atoms with van der Waals surface area (Å²) in [5.74, 6) is -0.911. The van der Waals surface area contributed by atoms with Gasteiger partial charge in [0.05, 0.1) is 4.90 Å². The number of rotatable bonds is 12. The Balaban J connectivity index is 1.67. The highest BCUT2D eigenvalue weighted by atomic mass is 35.5. The van der Waals surface area contributed by atoms with E-state index in [-0.39, 0.29) is 35.4 Å². The summed E-state index contributed by atoms with van der Waals surface area (Å²) in [5, 5.41) is 3.36. The summed E-state index contributed by atoms with van der Waals surface area (Å²) in [4.78, 5) is 27.1. The third-order valence-electron chi connectivity index (χ3n) is 5.58. The standard InChI is InChI=1S/C27H29ClFN3O5S/c1-3-16-30-27(34)19(2)32(17-20-4-6-21(28)7-5-20)26(33)18-37-24-12-14-25(15-13-24)38(35,36)31-23-10-8-22(29)9-11-23/h4-15,19,31H,3,16-18H2,1-2H3,(H,30,34). The molecule has 0 aliphatic heterocycles. The zero-order valence-electron chi connectivity index (χ0n) is 21.0. The molecule has 0 aliphatic carbocycles. The first kappa shape index (κ1) is 28.9. The van der Waals surface area contributed by atoms with Crippen LogP contribution in [0.25, 0.3) is 0 Å². The molecule has 1 unspecified atom stereocenters. The smallest absolute Gasteiger partial charge is 0.261 e. The van der Waals surface area contributed by atoms with E-state index in [4.69, 9.17) is 16.3 Å². The number of hydrogen-bond acceptors (Lipinski definition) is 5. The Morgan fingerprint density at radius 3 is 2.24 bits per heavy atom. The van der Waals surface area contributed by atoms with Gasteiger partial charge in [-0.2, -0.15) is 0 Å². The van der Waals surface area contributed by atoms with Gasteiger partial charge in [-0.05, 0) is 79.6 Å². The number of ether oxygens (including phenoxy) is 1. The van der Waals surface area contributed by atoms with E-state index >= 15 is 0 Å². The van der Waals surface area contributed by atoms with Crippen LogP contribution in [0.3, 0.4) is 0 Å². The van der Waals surface area contributed by atoms with Crippen molar-refractivity contribution < 1.29 is 27.1 Å². The summed E-state index contributed by atoms with van der Waals surface area (Å²) in [6, 6.07) is 16.7. The number of hydrogen-bond donors (Lipinski definition) is 2. The topological polar surface area (TPSA) is 105 Å². The van der Waals surface area contributed by atoms with Crippen LogP contribution in [0, 0.1) is 5.82 Å². The van der Waals surface area contributed by atoms with Crippen molar-refractivity contribution >= 4 is 39.1 Å². The van der Waals surface area contributed by atoms with Gasteiger partial charge >= 0.3 is 0 Å². The van der Waals surface area contributed by atoms with Crippen molar-refractivity contribution in [3.05, 3.63) is 89.2 Å². The molecule has 3 rings (SSSR count). The lowest BCUT2D eigenvalue weighted by molar-refractivity contribution is -0.142. The molecule has 1 atom stereocenters. The molecule has 0 spiro atoms. The fraction of sp³-hybridized carbons (Fsp3) is 0.259. The SMILES string of the molecule is CCCNC(=O)C(C)N(Cc1ccc(Cl)cc1)C(=O)COc1ccc(S(=O)(=O)Nc2ccc(F)cc2)cc1. The average Bonchev–Trinajstić information content (AvgIpc) is 2.91. The Morgan fingerprint density at radius 2 is 1.63 bits per heavy atom. The van der Waals surface area contributed by atoms with Crippen LogP contribution >= 0.6 is 11.6 Å². The normalized spacial score (nSPS) is 11.9. The number of nitrogens with one attached hydrogen (secondary N) is 2. The van der Waals surface area contributed by atoms with Gasteiger partial charge in [-0.25, -0.2) is 12.8 Å². The number of carbonyl (C=O) groups is 2. The molecule has 0 saturated carbocycles. The van der Waals surface area contributed by atoms with E-state index in [9.17, 15) is 22.4 Å². The van der Waals surface area contributed by atoms with Gasteiger partial charge < -0.3 is 15.0 Å². The fourth-order valence-electron chi connectivity index (χ4n) is 3.44. The molecule has 0 bridgehead atoms. The van der Waals surface area contributed by atoms with Crippen molar-refractivity contribution in [3.63, 3.8) is 0 Å². The van der Waals surface area contributed by atoms with Crippen molar-refractivity contribution in [2.45, 2.75) is 37.8 Å². The van der Waals surface area contributed by atoms with E-state index in [1.54, 1.807) is 31.2 Å². The number of carbonyl (C=O) groups excluding carboxylic acids is 2. The minimum absolute atomic E-state index is 0.0360. The molecule has 3 aromatic carbocycles. The summed E-state index contributed by atoms with van der Waals surface area (Å²) in [6.07, 6.45) is 0.762. The molecule has 0 aliphatic rings. The molecular formula is C27H29ClFN3O5S. The van der Waals surface area contributed by atoms with Crippen LogP contribution in [-0.2, 0) is 26.2 Å². The maximum Gasteiger partial charge on any atom is 0.261 e. The quantitative estimate of drug-likeness (QED) is 0.336. The molecule has 0 fully saturated rings. The van der Waals surface area contributed by atoms with Gasteiger partial charge in [-0.1, -0.05) is 30.7 Å². The van der Waals surface area contributed by atoms with E-state index in [1.807, 2.05) is 6.92 Å². The lowest BCUT2D eigenvalue weighted by Crippen LogP contribution is -2.49. The van der Waals surface area contributed by atoms with Crippen LogP contribution < -0.4 is 14.8 Å². The van der Waals surface area contributed by atoms with Crippen LogP contribution in [0.5, 0.6) is 5.75 Å². The third kappa shape index (κ3) is 8.19. The summed E-state index contributed by atoms with van der Waals surface area (Å²) in [6.45, 7) is 3.89. The van der Waals surface area contributed by atoms with Crippen molar-refractivity contribution in [1.82, 2.24) is 10.2 Å². The Bertz CT molecular complexity index is 1330. The Kier molecular flexibility index (Phi) is 10.1. The molecule has 202 valence electrons. The number of anilines is 1. The largest absolute Gasteiger partial charge is 0.484 e. The highest BCUT2D eigenvalue weighted by Gasteiger charge is 2.26. The molecule has 0 aromatic heterocycles. The van der Waals surface area contributed by atoms with Crippen molar-refractivity contribution in [3.8, 4) is 5.75 Å². The van der Waals surface area contributed by atoms with Crippen molar-refractivity contribution in [2.75, 3.05) is 17.9 Å². The first-order chi connectivity index (χ1) is 18.1. The molecule has 0 saturated heterocycles. The number of nitrogens with zero attached hydrogens (tertiary/aromatic N) is 1. The monoisotopic (exact) mass is 561 g/mol. The highest BCUT2D eigenvalue weighted by molar-refractivity contribution is 7.92. The second-order valence-electron chi connectivity index (χ2n) is 8.49. The Labute approximate surface area is 226 Å². The molecule has 2 N–H and O–H groups in total. The number of halogens is 2. The zero-order chi connectivity index (χ0) is 27.7. The van der Waals surface area contributed by atoms with Gasteiger partial charge in [-0.3, -0.25) is 14.3 Å². The minimum atomic E-state index is -3.91. The second kappa shape index (κ2) is 13.3. The number of sulfonamides is 1. The highest BCUT2D eigenvalue weighted by Crippen LogP contribution is 2.20. The summed E-state index contributed by atoms with van der Waals surface area (Å²) in [7, 11) is -3.91. The maximum atomic E-state index is 13.1. The van der Waals surface area contributed by atoms with E-state index in [0.717, 1.165) is 24.1 Å². The molecular weight excluding hydrogens is 533 g/mol.